The van der Waals surface area contributed by atoms with E-state index >= 15 is 0 Å². The second kappa shape index (κ2) is 6.92. The highest BCUT2D eigenvalue weighted by Crippen LogP contribution is 2.14. The molecular formula is C13H17N5O4. The summed E-state index contributed by atoms with van der Waals surface area (Å²) in [6, 6.07) is 0. The van der Waals surface area contributed by atoms with E-state index in [-0.39, 0.29) is 31.1 Å². The zero-order chi connectivity index (χ0) is 16.1. The number of ether oxygens (including phenoxy) is 2. The van der Waals surface area contributed by atoms with Crippen molar-refractivity contribution < 1.29 is 19.1 Å². The van der Waals surface area contributed by atoms with Gasteiger partial charge in [0, 0.05) is 12.0 Å². The Morgan fingerprint density at radius 1 is 1.18 bits per heavy atom. The van der Waals surface area contributed by atoms with Gasteiger partial charge >= 0.3 is 11.9 Å². The topological polar surface area (TPSA) is 109 Å². The molecule has 0 aliphatic heterocycles. The molecule has 9 heteroatoms. The van der Waals surface area contributed by atoms with Crippen molar-refractivity contribution in [2.45, 2.75) is 33.6 Å². The summed E-state index contributed by atoms with van der Waals surface area (Å²) < 4.78 is 11.3. The van der Waals surface area contributed by atoms with Gasteiger partial charge in [-0.25, -0.2) is 9.78 Å². The maximum atomic E-state index is 12.0. The number of hydrogen-bond acceptors (Lipinski definition) is 8. The lowest BCUT2D eigenvalue weighted by Crippen LogP contribution is -2.16. The zero-order valence-electron chi connectivity index (χ0n) is 12.7. The summed E-state index contributed by atoms with van der Waals surface area (Å²) in [4.78, 5) is 27.7. The van der Waals surface area contributed by atoms with Crippen LogP contribution in [0.25, 0.3) is 5.65 Å². The quantitative estimate of drug-likeness (QED) is 0.710. The minimum atomic E-state index is -0.539. The molecule has 0 unspecified atom stereocenters. The van der Waals surface area contributed by atoms with Crippen molar-refractivity contribution >= 4 is 17.6 Å². The molecule has 2 aromatic rings. The van der Waals surface area contributed by atoms with E-state index in [1.54, 1.807) is 20.8 Å². The van der Waals surface area contributed by atoms with Gasteiger partial charge in [-0.05, 0) is 31.2 Å². The van der Waals surface area contributed by atoms with E-state index in [0.29, 0.717) is 23.6 Å². The molecule has 0 radical (unpaired) electrons. The number of carbonyl (C=O) groups is 2. The highest BCUT2D eigenvalue weighted by molar-refractivity contribution is 5.90. The first-order valence-corrected chi connectivity index (χ1v) is 6.98. The summed E-state index contributed by atoms with van der Waals surface area (Å²) in [6.07, 6.45) is 0.383. The van der Waals surface area contributed by atoms with Gasteiger partial charge < -0.3 is 9.47 Å². The summed E-state index contributed by atoms with van der Waals surface area (Å²) >= 11 is 0. The Balaban J connectivity index is 2.36. The Bertz CT molecular complexity index is 697. The molecule has 0 saturated heterocycles. The van der Waals surface area contributed by atoms with Gasteiger partial charge in [-0.3, -0.25) is 4.79 Å². The second-order valence-electron chi connectivity index (χ2n) is 4.44. The van der Waals surface area contributed by atoms with Crippen LogP contribution in [0.4, 0.5) is 0 Å². The average molecular weight is 307 g/mol. The number of hydrogen-bond donors (Lipinski definition) is 0. The lowest BCUT2D eigenvalue weighted by atomic mass is 10.2. The molecule has 0 atom stereocenters. The van der Waals surface area contributed by atoms with Crippen molar-refractivity contribution in [1.29, 1.82) is 0 Å². The predicted molar refractivity (Wildman–Crippen MR) is 74.2 cm³/mol. The third-order valence-electron chi connectivity index (χ3n) is 2.97. The van der Waals surface area contributed by atoms with Gasteiger partial charge in [0.2, 0.25) is 0 Å². The monoisotopic (exact) mass is 307 g/mol. The minimum Gasteiger partial charge on any atom is -0.466 e. The van der Waals surface area contributed by atoms with Crippen LogP contribution in [-0.4, -0.2) is 50.2 Å². The van der Waals surface area contributed by atoms with Gasteiger partial charge in [0.25, 0.3) is 0 Å². The maximum absolute atomic E-state index is 12.0. The number of aromatic nitrogens is 5. The van der Waals surface area contributed by atoms with Crippen LogP contribution < -0.4 is 0 Å². The number of nitrogens with zero attached hydrogens (tertiary/aromatic N) is 5. The van der Waals surface area contributed by atoms with E-state index in [4.69, 9.17) is 9.47 Å². The van der Waals surface area contributed by atoms with Crippen molar-refractivity contribution in [2.75, 3.05) is 13.2 Å². The van der Waals surface area contributed by atoms with Crippen LogP contribution in [0.15, 0.2) is 0 Å². The number of rotatable bonds is 6. The third kappa shape index (κ3) is 3.18. The zero-order valence-corrected chi connectivity index (χ0v) is 12.7. The summed E-state index contributed by atoms with van der Waals surface area (Å²) in [5.74, 6) is -0.478. The van der Waals surface area contributed by atoms with Gasteiger partial charge in [0.15, 0.2) is 11.3 Å². The summed E-state index contributed by atoms with van der Waals surface area (Å²) in [7, 11) is 0. The molecule has 0 aliphatic rings. The first-order chi connectivity index (χ1) is 10.6. The molecule has 0 saturated carbocycles. The van der Waals surface area contributed by atoms with Crippen LogP contribution in [0.1, 0.15) is 42.1 Å². The largest absolute Gasteiger partial charge is 0.466 e. The van der Waals surface area contributed by atoms with E-state index in [0.717, 1.165) is 0 Å². The number of esters is 2. The normalized spacial score (nSPS) is 10.7. The van der Waals surface area contributed by atoms with Crippen LogP contribution in [0, 0.1) is 6.92 Å². The van der Waals surface area contributed by atoms with E-state index < -0.39 is 5.97 Å². The van der Waals surface area contributed by atoms with Crippen LogP contribution >= 0.6 is 0 Å². The van der Waals surface area contributed by atoms with E-state index in [9.17, 15) is 9.59 Å². The molecule has 0 spiro atoms. The van der Waals surface area contributed by atoms with Crippen LogP contribution in [0.2, 0.25) is 0 Å². The van der Waals surface area contributed by atoms with Gasteiger partial charge in [-0.2, -0.15) is 4.52 Å². The molecular weight excluding hydrogens is 290 g/mol. The van der Waals surface area contributed by atoms with E-state index in [1.165, 1.54) is 4.52 Å². The van der Waals surface area contributed by atoms with Crippen molar-refractivity contribution in [1.82, 2.24) is 25.0 Å². The lowest BCUT2D eigenvalue weighted by molar-refractivity contribution is -0.143. The molecule has 2 heterocycles. The van der Waals surface area contributed by atoms with Crippen molar-refractivity contribution in [3.63, 3.8) is 0 Å². The average Bonchev–Trinajstić information content (AvgIpc) is 2.97. The number of fused-ring (bicyclic) bond motifs is 1. The van der Waals surface area contributed by atoms with Gasteiger partial charge in [0.1, 0.15) is 5.82 Å². The minimum absolute atomic E-state index is 0.126. The third-order valence-corrected chi connectivity index (χ3v) is 2.97. The fourth-order valence-electron chi connectivity index (χ4n) is 1.97. The van der Waals surface area contributed by atoms with Gasteiger partial charge in [-0.15, -0.1) is 5.10 Å². The molecule has 0 aromatic carbocycles. The number of carbonyl (C=O) groups excluding carboxylic acids is 2. The SMILES string of the molecule is CCOC(=O)CCc1nc(C(=O)OCC)c(C)c2nnnn12. The van der Waals surface area contributed by atoms with Crippen LogP contribution in [0.5, 0.6) is 0 Å². The van der Waals surface area contributed by atoms with Crippen molar-refractivity contribution in [3.8, 4) is 0 Å². The standard InChI is InChI=1S/C13H17N5O4/c1-4-21-10(19)7-6-9-14-11(13(20)22-5-2)8(3)12-15-16-17-18(9)12/h4-7H2,1-3H3. The molecule has 0 aliphatic carbocycles. The summed E-state index contributed by atoms with van der Waals surface area (Å²) in [5.41, 5.74) is 1.10. The van der Waals surface area contributed by atoms with Crippen molar-refractivity contribution in [3.05, 3.63) is 17.1 Å². The van der Waals surface area contributed by atoms with E-state index in [1.807, 2.05) is 0 Å². The Kier molecular flexibility index (Phi) is 4.97. The Labute approximate surface area is 126 Å². The lowest BCUT2D eigenvalue weighted by Gasteiger charge is -2.09. The van der Waals surface area contributed by atoms with Gasteiger partial charge in [0.05, 0.1) is 19.6 Å². The fraction of sp³-hybridized carbons (Fsp3) is 0.538. The Hall–Kier alpha value is -2.58. The Morgan fingerprint density at radius 2 is 1.91 bits per heavy atom. The number of tetrazole rings is 1. The highest BCUT2D eigenvalue weighted by atomic mass is 16.5. The highest BCUT2D eigenvalue weighted by Gasteiger charge is 2.20. The molecule has 0 bridgehead atoms. The summed E-state index contributed by atoms with van der Waals surface area (Å²) in [5, 5.41) is 11.3. The van der Waals surface area contributed by atoms with Crippen LogP contribution in [-0.2, 0) is 20.7 Å². The van der Waals surface area contributed by atoms with Crippen molar-refractivity contribution in [2.24, 2.45) is 0 Å². The molecule has 0 amide bonds. The smallest absolute Gasteiger partial charge is 0.357 e. The molecule has 9 nitrogen and oxygen atoms in total. The first-order valence-electron chi connectivity index (χ1n) is 6.98. The predicted octanol–water partition coefficient (Wildman–Crippen LogP) is 0.500. The molecule has 0 fully saturated rings. The maximum Gasteiger partial charge on any atom is 0.357 e. The molecule has 0 N–H and O–H groups in total. The van der Waals surface area contributed by atoms with Crippen LogP contribution in [0.3, 0.4) is 0 Å². The molecule has 118 valence electrons. The molecule has 2 aromatic heterocycles. The van der Waals surface area contributed by atoms with Gasteiger partial charge in [-0.1, -0.05) is 0 Å². The second-order valence-corrected chi connectivity index (χ2v) is 4.44. The number of aryl methyl sites for hydroxylation is 2. The molecule has 22 heavy (non-hydrogen) atoms. The first kappa shape index (κ1) is 15.8. The fourth-order valence-corrected chi connectivity index (χ4v) is 1.97. The molecule has 2 rings (SSSR count). The Morgan fingerprint density at radius 3 is 2.59 bits per heavy atom. The summed E-state index contributed by atoms with van der Waals surface area (Å²) in [6.45, 7) is 5.70. The van der Waals surface area contributed by atoms with E-state index in [2.05, 4.69) is 20.5 Å².